The summed E-state index contributed by atoms with van der Waals surface area (Å²) >= 11 is 0. The van der Waals surface area contributed by atoms with Crippen molar-refractivity contribution in [3.8, 4) is 78.7 Å². The molecule has 0 radical (unpaired) electrons. The zero-order valence-corrected chi connectivity index (χ0v) is 29.9. The predicted octanol–water partition coefficient (Wildman–Crippen LogP) is 12.9. The topological polar surface area (TPSA) is 43.1 Å². The lowest BCUT2D eigenvalue weighted by molar-refractivity contribution is 0.979. The Morgan fingerprint density at radius 2 is 0.855 bits per heavy atom. The van der Waals surface area contributed by atoms with Crippen molar-refractivity contribution in [2.24, 2.45) is 0 Å². The molecule has 4 heteroatoms. The maximum Gasteiger partial charge on any atom is 0.161 e. The molecule has 0 atom stereocenters. The summed E-state index contributed by atoms with van der Waals surface area (Å²) in [7, 11) is 0. The molecule has 0 spiro atoms. The Morgan fingerprint density at radius 3 is 1.51 bits per heavy atom. The fraction of sp³-hybridized carbons (Fsp3) is 0. The van der Waals surface area contributed by atoms with E-state index >= 15 is 0 Å². The van der Waals surface area contributed by atoms with E-state index in [1.54, 1.807) is 0 Å². The highest BCUT2D eigenvalue weighted by Crippen LogP contribution is 2.43. The van der Waals surface area contributed by atoms with Gasteiger partial charge in [-0.2, -0.15) is 5.10 Å². The summed E-state index contributed by atoms with van der Waals surface area (Å²) in [6, 6.07) is 71.9. The van der Waals surface area contributed by atoms with E-state index in [1.807, 2.05) is 18.2 Å². The van der Waals surface area contributed by atoms with Crippen LogP contribution in [0.4, 0.5) is 0 Å². The molecule has 0 aliphatic carbocycles. The van der Waals surface area contributed by atoms with Gasteiger partial charge in [-0.3, -0.25) is 0 Å². The zero-order chi connectivity index (χ0) is 36.6. The van der Waals surface area contributed by atoms with Gasteiger partial charge in [0.25, 0.3) is 0 Å². The fourth-order valence-corrected chi connectivity index (χ4v) is 7.61. The fourth-order valence-electron chi connectivity index (χ4n) is 7.61. The first-order valence-electron chi connectivity index (χ1n) is 18.5. The van der Waals surface area contributed by atoms with Crippen molar-refractivity contribution in [1.82, 2.24) is 19.6 Å². The third-order valence-electron chi connectivity index (χ3n) is 10.2. The second kappa shape index (κ2) is 13.8. The molecule has 7 aromatic carbocycles. The Bertz CT molecular complexity index is 2940. The first-order valence-corrected chi connectivity index (χ1v) is 18.5. The van der Waals surface area contributed by atoms with E-state index in [0.717, 1.165) is 83.6 Å². The van der Waals surface area contributed by atoms with E-state index in [1.165, 1.54) is 5.56 Å². The Hall–Kier alpha value is -7.43. The minimum absolute atomic E-state index is 0.666. The molecule has 10 aromatic rings. The van der Waals surface area contributed by atoms with Crippen LogP contribution in [-0.2, 0) is 0 Å². The lowest BCUT2D eigenvalue weighted by Gasteiger charge is -2.15. The van der Waals surface area contributed by atoms with Gasteiger partial charge >= 0.3 is 0 Å². The monoisotopic (exact) mass is 702 g/mol. The molecule has 55 heavy (non-hydrogen) atoms. The summed E-state index contributed by atoms with van der Waals surface area (Å²) in [6.45, 7) is 0. The van der Waals surface area contributed by atoms with Crippen molar-refractivity contribution in [3.05, 3.63) is 206 Å². The van der Waals surface area contributed by atoms with Gasteiger partial charge < -0.3 is 0 Å². The highest BCUT2D eigenvalue weighted by Gasteiger charge is 2.23. The van der Waals surface area contributed by atoms with Crippen molar-refractivity contribution < 1.29 is 0 Å². The van der Waals surface area contributed by atoms with Gasteiger partial charge in [-0.1, -0.05) is 188 Å². The van der Waals surface area contributed by atoms with Crippen LogP contribution in [0.2, 0.25) is 0 Å². The maximum atomic E-state index is 5.41. The van der Waals surface area contributed by atoms with Crippen LogP contribution in [0.25, 0.3) is 95.0 Å². The number of hydrogen-bond acceptors (Lipinski definition) is 3. The van der Waals surface area contributed by atoms with Crippen LogP contribution < -0.4 is 0 Å². The normalized spacial score (nSPS) is 11.3. The van der Waals surface area contributed by atoms with Gasteiger partial charge in [-0.15, -0.1) is 0 Å². The van der Waals surface area contributed by atoms with Gasteiger partial charge in [0.05, 0.1) is 22.6 Å². The SMILES string of the molecule is c1ccc(-c2cccc(-c3cc(-c4ccccc4)nc(-c4cccc5c4cc(-c4ccccc4)n4nc(-c6ccccc6)c(-c6ccccc6)c54)n3)c2)cc1. The molecule has 0 fully saturated rings. The Kier molecular flexibility index (Phi) is 8.12. The zero-order valence-electron chi connectivity index (χ0n) is 29.9. The Balaban J connectivity index is 1.28. The van der Waals surface area contributed by atoms with E-state index in [4.69, 9.17) is 15.1 Å². The van der Waals surface area contributed by atoms with Gasteiger partial charge in [0, 0.05) is 38.8 Å². The van der Waals surface area contributed by atoms with Crippen LogP contribution >= 0.6 is 0 Å². The van der Waals surface area contributed by atoms with Crippen molar-refractivity contribution >= 4 is 16.3 Å². The number of hydrogen-bond donors (Lipinski definition) is 0. The third kappa shape index (κ3) is 5.96. The summed E-state index contributed by atoms with van der Waals surface area (Å²) in [5, 5.41) is 7.55. The highest BCUT2D eigenvalue weighted by atomic mass is 15.2. The predicted molar refractivity (Wildman–Crippen MR) is 226 cm³/mol. The quantitative estimate of drug-likeness (QED) is 0.166. The number of fused-ring (bicyclic) bond motifs is 3. The van der Waals surface area contributed by atoms with Crippen LogP contribution in [0.1, 0.15) is 0 Å². The second-order valence-electron chi connectivity index (χ2n) is 13.7. The van der Waals surface area contributed by atoms with Gasteiger partial charge in [-0.25, -0.2) is 14.5 Å². The van der Waals surface area contributed by atoms with Gasteiger partial charge in [0.15, 0.2) is 5.82 Å². The van der Waals surface area contributed by atoms with Crippen LogP contribution in [-0.4, -0.2) is 19.6 Å². The number of nitrogens with zero attached hydrogens (tertiary/aromatic N) is 4. The minimum Gasteiger partial charge on any atom is -0.231 e. The average Bonchev–Trinajstić information content (AvgIpc) is 3.69. The Labute approximate surface area is 319 Å². The average molecular weight is 703 g/mol. The molecule has 0 amide bonds. The van der Waals surface area contributed by atoms with Crippen LogP contribution in [0.5, 0.6) is 0 Å². The molecule has 0 N–H and O–H groups in total. The molecule has 3 aromatic heterocycles. The maximum absolute atomic E-state index is 5.41. The molecule has 0 saturated heterocycles. The summed E-state index contributed by atoms with van der Waals surface area (Å²) in [5.74, 6) is 0.666. The second-order valence-corrected chi connectivity index (χ2v) is 13.7. The van der Waals surface area contributed by atoms with Crippen molar-refractivity contribution in [1.29, 1.82) is 0 Å². The van der Waals surface area contributed by atoms with Crippen molar-refractivity contribution in [3.63, 3.8) is 0 Å². The third-order valence-corrected chi connectivity index (χ3v) is 10.2. The molecule has 0 aliphatic heterocycles. The number of benzene rings is 7. The first kappa shape index (κ1) is 32.2. The van der Waals surface area contributed by atoms with Gasteiger partial charge in [0.1, 0.15) is 5.69 Å². The van der Waals surface area contributed by atoms with E-state index < -0.39 is 0 Å². The molecular weight excluding hydrogens is 669 g/mol. The van der Waals surface area contributed by atoms with E-state index in [9.17, 15) is 0 Å². The van der Waals surface area contributed by atoms with E-state index in [-0.39, 0.29) is 0 Å². The highest BCUT2D eigenvalue weighted by molar-refractivity contribution is 6.12. The lowest BCUT2D eigenvalue weighted by atomic mass is 9.95. The van der Waals surface area contributed by atoms with Crippen LogP contribution in [0, 0.1) is 0 Å². The minimum atomic E-state index is 0.666. The smallest absolute Gasteiger partial charge is 0.161 e. The summed E-state index contributed by atoms with van der Waals surface area (Å²) in [5.41, 5.74) is 14.4. The molecule has 258 valence electrons. The number of rotatable bonds is 7. The number of pyridine rings is 1. The van der Waals surface area contributed by atoms with Gasteiger partial charge in [0.2, 0.25) is 0 Å². The molecule has 10 rings (SSSR count). The van der Waals surface area contributed by atoms with E-state index in [2.05, 4.69) is 193 Å². The standard InChI is InChI=1S/C51H34N4/c1-6-18-35(19-7-1)40-28-16-29-41(32-40)46-34-45(36-20-8-2-9-21-36)52-51(53-46)43-31-17-30-42-44(43)33-47(37-22-10-3-11-23-37)55-50(42)48(38-24-12-4-13-25-38)49(54-55)39-26-14-5-15-27-39/h1-34H. The largest absolute Gasteiger partial charge is 0.231 e. The molecular formula is C51H34N4. The molecule has 0 saturated carbocycles. The van der Waals surface area contributed by atoms with Crippen molar-refractivity contribution in [2.75, 3.05) is 0 Å². The lowest BCUT2D eigenvalue weighted by Crippen LogP contribution is -1.99. The first-order chi connectivity index (χ1) is 27.3. The molecule has 0 unspecified atom stereocenters. The molecule has 3 heterocycles. The van der Waals surface area contributed by atoms with Crippen LogP contribution in [0.3, 0.4) is 0 Å². The number of aromatic nitrogens is 4. The molecule has 4 nitrogen and oxygen atoms in total. The summed E-state index contributed by atoms with van der Waals surface area (Å²) in [4.78, 5) is 10.7. The Morgan fingerprint density at radius 1 is 0.345 bits per heavy atom. The summed E-state index contributed by atoms with van der Waals surface area (Å²) in [6.07, 6.45) is 0. The summed E-state index contributed by atoms with van der Waals surface area (Å²) < 4.78 is 2.13. The van der Waals surface area contributed by atoms with E-state index in [0.29, 0.717) is 5.82 Å². The van der Waals surface area contributed by atoms with Crippen molar-refractivity contribution in [2.45, 2.75) is 0 Å². The van der Waals surface area contributed by atoms with Gasteiger partial charge in [-0.05, 0) is 40.3 Å². The van der Waals surface area contributed by atoms with Crippen LogP contribution in [0.15, 0.2) is 206 Å². The molecule has 0 bridgehead atoms. The molecule has 0 aliphatic rings.